The number of sulfonamides is 1. The van der Waals surface area contributed by atoms with Crippen LogP contribution in [0.25, 0.3) is 0 Å². The number of rotatable bonds is 8. The van der Waals surface area contributed by atoms with Gasteiger partial charge in [-0.3, -0.25) is 0 Å². The summed E-state index contributed by atoms with van der Waals surface area (Å²) in [5, 5.41) is 8.96. The summed E-state index contributed by atoms with van der Waals surface area (Å²) in [5.41, 5.74) is 0.908. The van der Waals surface area contributed by atoms with Crippen LogP contribution in [0.4, 0.5) is 5.69 Å². The Morgan fingerprint density at radius 2 is 1.84 bits per heavy atom. The Balaban J connectivity index is 2.86. The molecule has 1 aromatic rings. The quantitative estimate of drug-likeness (QED) is 0.753. The zero-order valence-electron chi connectivity index (χ0n) is 11.5. The van der Waals surface area contributed by atoms with E-state index in [0.29, 0.717) is 13.1 Å². The van der Waals surface area contributed by atoms with E-state index in [1.54, 1.807) is 24.3 Å². The van der Waals surface area contributed by atoms with Gasteiger partial charge in [0.15, 0.2) is 0 Å². The lowest BCUT2D eigenvalue weighted by molar-refractivity contribution is 0.302. The SMILES string of the molecule is CCCNS(=O)(=O)c1ccc(N(CC)CCO)cc1. The van der Waals surface area contributed by atoms with Gasteiger partial charge in [0.05, 0.1) is 11.5 Å². The highest BCUT2D eigenvalue weighted by atomic mass is 32.2. The first-order valence-corrected chi connectivity index (χ1v) is 7.99. The maximum atomic E-state index is 11.9. The van der Waals surface area contributed by atoms with Gasteiger partial charge in [0.2, 0.25) is 10.0 Å². The van der Waals surface area contributed by atoms with E-state index < -0.39 is 10.0 Å². The van der Waals surface area contributed by atoms with E-state index in [4.69, 9.17) is 5.11 Å². The molecule has 0 aromatic heterocycles. The van der Waals surface area contributed by atoms with E-state index in [-0.39, 0.29) is 11.5 Å². The molecule has 0 spiro atoms. The molecule has 2 N–H and O–H groups in total. The first-order valence-electron chi connectivity index (χ1n) is 6.50. The molecule has 0 atom stereocenters. The van der Waals surface area contributed by atoms with Crippen LogP contribution < -0.4 is 9.62 Å². The molecule has 0 aliphatic rings. The molecule has 0 aliphatic heterocycles. The Bertz CT molecular complexity index is 471. The molecule has 0 saturated heterocycles. The molecule has 1 rings (SSSR count). The molecule has 6 heteroatoms. The summed E-state index contributed by atoms with van der Waals surface area (Å²) in [4.78, 5) is 2.25. The number of hydrogen-bond donors (Lipinski definition) is 2. The lowest BCUT2D eigenvalue weighted by Gasteiger charge is -2.22. The van der Waals surface area contributed by atoms with Crippen molar-refractivity contribution in [1.82, 2.24) is 4.72 Å². The molecule has 0 radical (unpaired) electrons. The van der Waals surface area contributed by atoms with Crippen LogP contribution in [0.15, 0.2) is 29.2 Å². The molecule has 0 fully saturated rings. The standard InChI is InChI=1S/C13H22N2O3S/c1-3-9-14-19(17,18)13-7-5-12(6-8-13)15(4-2)10-11-16/h5-8,14,16H,3-4,9-11H2,1-2H3. The van der Waals surface area contributed by atoms with Gasteiger partial charge in [0, 0.05) is 25.3 Å². The molecule has 108 valence electrons. The van der Waals surface area contributed by atoms with Gasteiger partial charge in [0.1, 0.15) is 0 Å². The third-order valence-corrected chi connectivity index (χ3v) is 4.28. The van der Waals surface area contributed by atoms with Crippen LogP contribution in [0.3, 0.4) is 0 Å². The number of aliphatic hydroxyl groups excluding tert-OH is 1. The van der Waals surface area contributed by atoms with Crippen molar-refractivity contribution in [3.63, 3.8) is 0 Å². The second kappa shape index (κ2) is 7.47. The van der Waals surface area contributed by atoms with Crippen LogP contribution in [-0.4, -0.2) is 39.8 Å². The number of anilines is 1. The van der Waals surface area contributed by atoms with Crippen molar-refractivity contribution >= 4 is 15.7 Å². The average molecular weight is 286 g/mol. The van der Waals surface area contributed by atoms with E-state index in [9.17, 15) is 8.42 Å². The van der Waals surface area contributed by atoms with E-state index in [2.05, 4.69) is 4.72 Å². The Morgan fingerprint density at radius 3 is 2.32 bits per heavy atom. The molecule has 0 heterocycles. The van der Waals surface area contributed by atoms with Gasteiger partial charge in [-0.1, -0.05) is 6.92 Å². The second-order valence-electron chi connectivity index (χ2n) is 4.19. The Hall–Kier alpha value is -1.11. The van der Waals surface area contributed by atoms with Crippen LogP contribution in [-0.2, 0) is 10.0 Å². The third kappa shape index (κ3) is 4.49. The molecular formula is C13H22N2O3S. The number of hydrogen-bond acceptors (Lipinski definition) is 4. The minimum Gasteiger partial charge on any atom is -0.395 e. The minimum atomic E-state index is -3.40. The van der Waals surface area contributed by atoms with Crippen molar-refractivity contribution in [2.24, 2.45) is 0 Å². The average Bonchev–Trinajstić information content (AvgIpc) is 2.43. The molecular weight excluding hydrogens is 264 g/mol. The maximum absolute atomic E-state index is 11.9. The predicted octanol–water partition coefficient (Wildman–Crippen LogP) is 1.19. The van der Waals surface area contributed by atoms with Crippen LogP contribution >= 0.6 is 0 Å². The van der Waals surface area contributed by atoms with Gasteiger partial charge >= 0.3 is 0 Å². The van der Waals surface area contributed by atoms with Gasteiger partial charge in [-0.2, -0.15) is 0 Å². The van der Waals surface area contributed by atoms with E-state index in [1.807, 2.05) is 18.7 Å². The largest absolute Gasteiger partial charge is 0.395 e. The number of likely N-dealkylation sites (N-methyl/N-ethyl adjacent to an activating group) is 1. The fraction of sp³-hybridized carbons (Fsp3) is 0.538. The summed E-state index contributed by atoms with van der Waals surface area (Å²) in [6.45, 7) is 5.72. The van der Waals surface area contributed by atoms with E-state index >= 15 is 0 Å². The smallest absolute Gasteiger partial charge is 0.240 e. The molecule has 0 amide bonds. The van der Waals surface area contributed by atoms with Crippen LogP contribution in [0.5, 0.6) is 0 Å². The van der Waals surface area contributed by atoms with Gasteiger partial charge in [-0.15, -0.1) is 0 Å². The lowest BCUT2D eigenvalue weighted by Crippen LogP contribution is -2.26. The van der Waals surface area contributed by atoms with Gasteiger partial charge < -0.3 is 10.0 Å². The fourth-order valence-electron chi connectivity index (χ4n) is 1.75. The normalized spacial score (nSPS) is 11.5. The molecule has 0 bridgehead atoms. The monoisotopic (exact) mass is 286 g/mol. The highest BCUT2D eigenvalue weighted by molar-refractivity contribution is 7.89. The van der Waals surface area contributed by atoms with Crippen molar-refractivity contribution in [3.8, 4) is 0 Å². The highest BCUT2D eigenvalue weighted by Gasteiger charge is 2.13. The number of aliphatic hydroxyl groups is 1. The van der Waals surface area contributed by atoms with Crippen LogP contribution in [0, 0.1) is 0 Å². The molecule has 0 unspecified atom stereocenters. The Labute approximate surface area is 115 Å². The molecule has 0 aliphatic carbocycles. The van der Waals surface area contributed by atoms with Crippen LogP contribution in [0.1, 0.15) is 20.3 Å². The topological polar surface area (TPSA) is 69.6 Å². The summed E-state index contributed by atoms with van der Waals surface area (Å²) in [5.74, 6) is 0. The van der Waals surface area contributed by atoms with Crippen LogP contribution in [0.2, 0.25) is 0 Å². The van der Waals surface area contributed by atoms with Crippen molar-refractivity contribution in [2.45, 2.75) is 25.2 Å². The van der Waals surface area contributed by atoms with E-state index in [1.165, 1.54) is 0 Å². The van der Waals surface area contributed by atoms with Gasteiger partial charge in [-0.25, -0.2) is 13.1 Å². The Morgan fingerprint density at radius 1 is 1.21 bits per heavy atom. The summed E-state index contributed by atoms with van der Waals surface area (Å²) >= 11 is 0. The number of benzene rings is 1. The van der Waals surface area contributed by atoms with E-state index in [0.717, 1.165) is 18.7 Å². The summed E-state index contributed by atoms with van der Waals surface area (Å²) in [6.07, 6.45) is 0.761. The zero-order valence-corrected chi connectivity index (χ0v) is 12.3. The maximum Gasteiger partial charge on any atom is 0.240 e. The fourth-order valence-corrected chi connectivity index (χ4v) is 2.88. The first kappa shape index (κ1) is 15.9. The molecule has 5 nitrogen and oxygen atoms in total. The Kier molecular flexibility index (Phi) is 6.27. The molecule has 19 heavy (non-hydrogen) atoms. The minimum absolute atomic E-state index is 0.0753. The van der Waals surface area contributed by atoms with Crippen molar-refractivity contribution in [1.29, 1.82) is 0 Å². The predicted molar refractivity (Wildman–Crippen MR) is 76.9 cm³/mol. The highest BCUT2D eigenvalue weighted by Crippen LogP contribution is 2.17. The van der Waals surface area contributed by atoms with Gasteiger partial charge in [-0.05, 0) is 37.6 Å². The number of nitrogens with one attached hydrogen (secondary N) is 1. The zero-order chi connectivity index (χ0) is 14.3. The third-order valence-electron chi connectivity index (χ3n) is 2.81. The van der Waals surface area contributed by atoms with Crippen molar-refractivity contribution in [2.75, 3.05) is 31.1 Å². The second-order valence-corrected chi connectivity index (χ2v) is 5.96. The summed E-state index contributed by atoms with van der Waals surface area (Å²) < 4.78 is 26.3. The summed E-state index contributed by atoms with van der Waals surface area (Å²) in [7, 11) is -3.40. The van der Waals surface area contributed by atoms with Gasteiger partial charge in [0.25, 0.3) is 0 Å². The molecule has 0 saturated carbocycles. The molecule has 1 aromatic carbocycles. The van der Waals surface area contributed by atoms with Crippen molar-refractivity contribution < 1.29 is 13.5 Å². The number of nitrogens with zero attached hydrogens (tertiary/aromatic N) is 1. The van der Waals surface area contributed by atoms with Crippen molar-refractivity contribution in [3.05, 3.63) is 24.3 Å². The summed E-state index contributed by atoms with van der Waals surface area (Å²) in [6, 6.07) is 6.71. The lowest BCUT2D eigenvalue weighted by atomic mass is 10.3. The first-order chi connectivity index (χ1) is 9.05.